The topological polar surface area (TPSA) is 116 Å². The van der Waals surface area contributed by atoms with Crippen molar-refractivity contribution in [3.05, 3.63) is 32.8 Å². The van der Waals surface area contributed by atoms with Crippen LogP contribution in [-0.2, 0) is 0 Å². The van der Waals surface area contributed by atoms with Crippen molar-refractivity contribution in [3.8, 4) is 6.07 Å². The number of hydrogen-bond donors (Lipinski definition) is 2. The Balaban J connectivity index is 3.37. The summed E-state index contributed by atoms with van der Waals surface area (Å²) in [4.78, 5) is 20.2. The molecule has 7 nitrogen and oxygen atoms in total. The number of carboxylic acid groups (broad SMARTS) is 1. The number of nitriles is 1. The number of anilines is 1. The lowest BCUT2D eigenvalue weighted by atomic mass is 10.2. The molecule has 1 rings (SSSR count). The van der Waals surface area contributed by atoms with Crippen LogP contribution < -0.4 is 5.32 Å². The van der Waals surface area contributed by atoms with Crippen molar-refractivity contribution in [2.75, 3.05) is 5.32 Å². The zero-order valence-corrected chi connectivity index (χ0v) is 8.35. The van der Waals surface area contributed by atoms with Gasteiger partial charge in [-0.2, -0.15) is 5.26 Å². The summed E-state index contributed by atoms with van der Waals surface area (Å²) >= 11 is 5.61. The summed E-state index contributed by atoms with van der Waals surface area (Å²) in [5.41, 5.74) is -0.894. The summed E-state index contributed by atoms with van der Waals surface area (Å²) < 4.78 is 0. The first kappa shape index (κ1) is 11.7. The van der Waals surface area contributed by atoms with Gasteiger partial charge < -0.3 is 5.11 Å². The summed E-state index contributed by atoms with van der Waals surface area (Å²) in [5, 5.41) is 29.4. The fourth-order valence-electron chi connectivity index (χ4n) is 1.01. The van der Waals surface area contributed by atoms with Gasteiger partial charge in [-0.15, -0.1) is 0 Å². The Morgan fingerprint density at radius 2 is 2.25 bits per heavy atom. The molecule has 0 spiro atoms. The fraction of sp³-hybridized carbons (Fsp3) is 0. The summed E-state index contributed by atoms with van der Waals surface area (Å²) in [7, 11) is 0. The van der Waals surface area contributed by atoms with E-state index in [0.717, 1.165) is 12.1 Å². The maximum absolute atomic E-state index is 10.6. The van der Waals surface area contributed by atoms with Gasteiger partial charge in [0.1, 0.15) is 11.8 Å². The van der Waals surface area contributed by atoms with Crippen LogP contribution in [0.1, 0.15) is 5.56 Å². The van der Waals surface area contributed by atoms with Gasteiger partial charge in [0.25, 0.3) is 5.69 Å². The average Bonchev–Trinajstić information content (AvgIpc) is 2.16. The number of halogens is 1. The van der Waals surface area contributed by atoms with Crippen molar-refractivity contribution in [1.82, 2.24) is 0 Å². The highest BCUT2D eigenvalue weighted by Crippen LogP contribution is 2.30. The van der Waals surface area contributed by atoms with Crippen molar-refractivity contribution in [3.63, 3.8) is 0 Å². The lowest BCUT2D eigenvalue weighted by Crippen LogP contribution is -2.09. The minimum atomic E-state index is -1.45. The second-order valence-electron chi connectivity index (χ2n) is 2.65. The molecule has 0 bridgehead atoms. The Kier molecular flexibility index (Phi) is 3.27. The van der Waals surface area contributed by atoms with Crippen molar-refractivity contribution in [2.24, 2.45) is 0 Å². The molecule has 0 saturated carbocycles. The van der Waals surface area contributed by atoms with Gasteiger partial charge in [-0.25, -0.2) is 4.79 Å². The van der Waals surface area contributed by atoms with E-state index < -0.39 is 16.7 Å². The normalized spacial score (nSPS) is 9.25. The predicted octanol–water partition coefficient (Wildman–Crippen LogP) is 2.21. The third kappa shape index (κ3) is 2.37. The first-order valence-corrected chi connectivity index (χ1v) is 4.21. The lowest BCUT2D eigenvalue weighted by Gasteiger charge is -2.03. The molecule has 1 amide bonds. The van der Waals surface area contributed by atoms with E-state index >= 15 is 0 Å². The minimum absolute atomic E-state index is 0.0585. The molecule has 82 valence electrons. The molecule has 0 heterocycles. The summed E-state index contributed by atoms with van der Waals surface area (Å²) in [6, 6.07) is 3.59. The molecule has 1 aromatic carbocycles. The third-order valence-corrected chi connectivity index (χ3v) is 1.96. The first-order valence-electron chi connectivity index (χ1n) is 3.83. The molecule has 0 saturated heterocycles. The number of rotatable bonds is 2. The van der Waals surface area contributed by atoms with Crippen molar-refractivity contribution >= 4 is 29.1 Å². The van der Waals surface area contributed by atoms with Gasteiger partial charge in [-0.1, -0.05) is 11.6 Å². The van der Waals surface area contributed by atoms with Gasteiger partial charge in [-0.05, 0) is 6.07 Å². The number of nitro benzene ring substituents is 1. The maximum atomic E-state index is 10.6. The van der Waals surface area contributed by atoms with Gasteiger partial charge in [0.15, 0.2) is 0 Å². The SMILES string of the molecule is N#Cc1cc([N+](=O)[O-])c(NC(=O)O)cc1Cl. The number of carbonyl (C=O) groups is 1. The fourth-order valence-corrected chi connectivity index (χ4v) is 1.22. The minimum Gasteiger partial charge on any atom is -0.465 e. The number of hydrogen-bond acceptors (Lipinski definition) is 4. The van der Waals surface area contributed by atoms with E-state index in [-0.39, 0.29) is 16.3 Å². The summed E-state index contributed by atoms with van der Waals surface area (Å²) in [6.07, 6.45) is -1.45. The molecule has 0 fully saturated rings. The molecule has 0 aliphatic heterocycles. The molecule has 0 radical (unpaired) electrons. The molecular formula is C8H4ClN3O4. The van der Waals surface area contributed by atoms with Crippen LogP contribution in [-0.4, -0.2) is 16.1 Å². The Morgan fingerprint density at radius 3 is 2.69 bits per heavy atom. The van der Waals surface area contributed by atoms with Crippen LogP contribution in [0, 0.1) is 21.4 Å². The highest BCUT2D eigenvalue weighted by atomic mass is 35.5. The molecule has 8 heteroatoms. The Bertz CT molecular complexity index is 509. The molecule has 0 aliphatic rings. The molecule has 1 aromatic rings. The molecule has 0 aromatic heterocycles. The largest absolute Gasteiger partial charge is 0.465 e. The van der Waals surface area contributed by atoms with Crippen molar-refractivity contribution in [2.45, 2.75) is 0 Å². The third-order valence-electron chi connectivity index (χ3n) is 1.64. The predicted molar refractivity (Wildman–Crippen MR) is 54.5 cm³/mol. The lowest BCUT2D eigenvalue weighted by molar-refractivity contribution is -0.383. The van der Waals surface area contributed by atoms with E-state index in [2.05, 4.69) is 0 Å². The van der Waals surface area contributed by atoms with Crippen LogP contribution in [0.2, 0.25) is 5.02 Å². The molecule has 0 atom stereocenters. The van der Waals surface area contributed by atoms with E-state index in [0.29, 0.717) is 0 Å². The number of nitrogens with zero attached hydrogens (tertiary/aromatic N) is 2. The molecular weight excluding hydrogens is 238 g/mol. The summed E-state index contributed by atoms with van der Waals surface area (Å²) in [5.74, 6) is 0. The highest BCUT2D eigenvalue weighted by Gasteiger charge is 2.18. The van der Waals surface area contributed by atoms with E-state index in [1.54, 1.807) is 6.07 Å². The zero-order valence-electron chi connectivity index (χ0n) is 7.60. The van der Waals surface area contributed by atoms with Gasteiger partial charge in [-0.3, -0.25) is 15.4 Å². The standard InChI is InChI=1S/C8H4ClN3O4/c9-5-2-6(11-8(13)14)7(12(15)16)1-4(5)3-10/h1-2,11H,(H,13,14). The van der Waals surface area contributed by atoms with Gasteiger partial charge in [0.2, 0.25) is 0 Å². The second kappa shape index (κ2) is 4.46. The van der Waals surface area contributed by atoms with E-state index in [1.807, 2.05) is 5.32 Å². The van der Waals surface area contributed by atoms with Crippen LogP contribution in [0.25, 0.3) is 0 Å². The molecule has 0 unspecified atom stereocenters. The van der Waals surface area contributed by atoms with Gasteiger partial charge >= 0.3 is 6.09 Å². The van der Waals surface area contributed by atoms with Crippen LogP contribution in [0.4, 0.5) is 16.2 Å². The first-order chi connectivity index (χ1) is 7.45. The Hall–Kier alpha value is -2.33. The highest BCUT2D eigenvalue weighted by molar-refractivity contribution is 6.32. The monoisotopic (exact) mass is 241 g/mol. The number of amides is 1. The Labute approximate surface area is 94.0 Å². The van der Waals surface area contributed by atoms with E-state index in [9.17, 15) is 14.9 Å². The van der Waals surface area contributed by atoms with E-state index in [4.69, 9.17) is 22.0 Å². The van der Waals surface area contributed by atoms with Crippen LogP contribution >= 0.6 is 11.6 Å². The second-order valence-corrected chi connectivity index (χ2v) is 3.06. The summed E-state index contributed by atoms with van der Waals surface area (Å²) in [6.45, 7) is 0. The number of nitrogens with one attached hydrogen (secondary N) is 1. The van der Waals surface area contributed by atoms with Gasteiger partial charge in [0.05, 0.1) is 15.5 Å². The molecule has 2 N–H and O–H groups in total. The molecule has 16 heavy (non-hydrogen) atoms. The van der Waals surface area contributed by atoms with Crippen LogP contribution in [0.3, 0.4) is 0 Å². The Morgan fingerprint density at radius 1 is 1.62 bits per heavy atom. The number of nitro groups is 1. The van der Waals surface area contributed by atoms with Crippen LogP contribution in [0.5, 0.6) is 0 Å². The maximum Gasteiger partial charge on any atom is 0.409 e. The quantitative estimate of drug-likeness (QED) is 0.608. The zero-order chi connectivity index (χ0) is 12.3. The van der Waals surface area contributed by atoms with Crippen LogP contribution in [0.15, 0.2) is 12.1 Å². The number of benzene rings is 1. The van der Waals surface area contributed by atoms with Gasteiger partial charge in [0, 0.05) is 6.07 Å². The van der Waals surface area contributed by atoms with Crippen molar-refractivity contribution < 1.29 is 14.8 Å². The van der Waals surface area contributed by atoms with Crippen molar-refractivity contribution in [1.29, 1.82) is 5.26 Å². The smallest absolute Gasteiger partial charge is 0.409 e. The van der Waals surface area contributed by atoms with E-state index in [1.165, 1.54) is 0 Å². The average molecular weight is 242 g/mol. The molecule has 0 aliphatic carbocycles.